The van der Waals surface area contributed by atoms with Gasteiger partial charge in [-0.25, -0.2) is 4.98 Å². The van der Waals surface area contributed by atoms with Crippen molar-refractivity contribution < 1.29 is 14.2 Å². The fourth-order valence-corrected chi connectivity index (χ4v) is 3.57. The van der Waals surface area contributed by atoms with Gasteiger partial charge in [-0.2, -0.15) is 9.97 Å². The van der Waals surface area contributed by atoms with Crippen molar-refractivity contribution in [3.05, 3.63) is 54.4 Å². The topological polar surface area (TPSA) is 110 Å². The average molecular weight is 447 g/mol. The molecule has 5 rings (SSSR count). The number of hydrogen-bond acceptors (Lipinski definition) is 9. The zero-order valence-corrected chi connectivity index (χ0v) is 18.3. The number of anilines is 3. The van der Waals surface area contributed by atoms with Crippen LogP contribution in [0.25, 0.3) is 11.2 Å². The van der Waals surface area contributed by atoms with Gasteiger partial charge in [0, 0.05) is 25.0 Å². The number of H-pyrrole nitrogens is 1. The molecule has 1 fully saturated rings. The highest BCUT2D eigenvalue weighted by Crippen LogP contribution is 2.27. The minimum atomic E-state index is 0.268. The number of aromatic nitrogens is 5. The summed E-state index contributed by atoms with van der Waals surface area (Å²) in [6.45, 7) is 5.42. The first-order chi connectivity index (χ1) is 16.2. The lowest BCUT2D eigenvalue weighted by atomic mass is 10.2. The summed E-state index contributed by atoms with van der Waals surface area (Å²) < 4.78 is 17.0. The van der Waals surface area contributed by atoms with Crippen LogP contribution in [0.15, 0.2) is 48.8 Å². The molecule has 1 saturated heterocycles. The van der Waals surface area contributed by atoms with Crippen LogP contribution in [0.2, 0.25) is 0 Å². The smallest absolute Gasteiger partial charge is 0.320 e. The van der Waals surface area contributed by atoms with E-state index < -0.39 is 0 Å². The maximum atomic E-state index is 5.82. The molecule has 10 heteroatoms. The second-order valence-electron chi connectivity index (χ2n) is 7.59. The van der Waals surface area contributed by atoms with Gasteiger partial charge in [0.15, 0.2) is 17.0 Å². The number of aromatic amines is 1. The summed E-state index contributed by atoms with van der Waals surface area (Å²) in [5.41, 5.74) is 3.39. The lowest BCUT2D eigenvalue weighted by Gasteiger charge is -2.27. The van der Waals surface area contributed by atoms with Crippen molar-refractivity contribution in [2.45, 2.75) is 6.92 Å². The summed E-state index contributed by atoms with van der Waals surface area (Å²) in [4.78, 5) is 23.4. The number of fused-ring (bicyclic) bond motifs is 1. The highest BCUT2D eigenvalue weighted by molar-refractivity contribution is 5.86. The Morgan fingerprint density at radius 3 is 2.76 bits per heavy atom. The Kier molecular flexibility index (Phi) is 6.16. The fourth-order valence-electron chi connectivity index (χ4n) is 3.57. The van der Waals surface area contributed by atoms with Crippen molar-refractivity contribution >= 4 is 28.6 Å². The van der Waals surface area contributed by atoms with Crippen molar-refractivity contribution in [2.75, 3.05) is 49.7 Å². The molecule has 0 aliphatic carbocycles. The third kappa shape index (κ3) is 5.12. The van der Waals surface area contributed by atoms with Crippen LogP contribution >= 0.6 is 0 Å². The van der Waals surface area contributed by atoms with Crippen LogP contribution in [0.1, 0.15) is 5.56 Å². The first-order valence-corrected chi connectivity index (χ1v) is 10.8. The molecule has 0 atom stereocenters. The van der Waals surface area contributed by atoms with E-state index in [2.05, 4.69) is 36.2 Å². The van der Waals surface area contributed by atoms with Crippen LogP contribution in [0, 0.1) is 6.92 Å². The van der Waals surface area contributed by atoms with Gasteiger partial charge in [0.25, 0.3) is 0 Å². The van der Waals surface area contributed by atoms with Crippen LogP contribution in [0.5, 0.6) is 11.8 Å². The second kappa shape index (κ2) is 9.70. The first-order valence-electron chi connectivity index (χ1n) is 10.8. The minimum Gasteiger partial charge on any atom is -0.488 e. The van der Waals surface area contributed by atoms with Gasteiger partial charge in [0.2, 0.25) is 5.95 Å². The molecule has 1 aliphatic rings. The molecule has 0 saturated carbocycles. The largest absolute Gasteiger partial charge is 0.488 e. The standard InChI is InChI=1S/C23H25N7O3/c1-16-4-2-5-17(14-16)25-22-26-19-20(27-22)28-23(29-21(19)30-8-10-31-11-9-30)33-13-12-32-18-6-3-7-24-15-18/h2-7,14-15H,8-13H2,1H3,(H2,25,26,27,28,29). The summed E-state index contributed by atoms with van der Waals surface area (Å²) in [6, 6.07) is 12.0. The van der Waals surface area contributed by atoms with E-state index in [4.69, 9.17) is 19.2 Å². The van der Waals surface area contributed by atoms with E-state index in [-0.39, 0.29) is 6.01 Å². The van der Waals surface area contributed by atoms with E-state index in [1.807, 2.05) is 37.3 Å². The molecule has 3 aromatic heterocycles. The molecule has 2 N–H and O–H groups in total. The van der Waals surface area contributed by atoms with Gasteiger partial charge >= 0.3 is 6.01 Å². The van der Waals surface area contributed by atoms with Crippen LogP contribution in [0.3, 0.4) is 0 Å². The van der Waals surface area contributed by atoms with E-state index in [0.29, 0.717) is 49.3 Å². The van der Waals surface area contributed by atoms with Gasteiger partial charge in [-0.05, 0) is 36.8 Å². The third-order valence-electron chi connectivity index (χ3n) is 5.11. The molecular formula is C23H25N7O3. The number of morpholine rings is 1. The first kappa shape index (κ1) is 21.0. The van der Waals surface area contributed by atoms with Gasteiger partial charge in [-0.15, -0.1) is 0 Å². The normalized spacial score (nSPS) is 13.8. The molecule has 0 amide bonds. The molecule has 0 unspecified atom stereocenters. The van der Waals surface area contributed by atoms with Gasteiger partial charge in [-0.3, -0.25) is 4.98 Å². The Hall–Kier alpha value is -3.92. The predicted molar refractivity (Wildman–Crippen MR) is 124 cm³/mol. The summed E-state index contributed by atoms with van der Waals surface area (Å²) >= 11 is 0. The SMILES string of the molecule is Cc1cccc(Nc2nc3c(N4CCOCC4)nc(OCCOc4cccnc4)nc3[nH]2)c1. The maximum absolute atomic E-state index is 5.82. The molecule has 0 radical (unpaired) electrons. The van der Waals surface area contributed by atoms with E-state index in [9.17, 15) is 0 Å². The van der Waals surface area contributed by atoms with Crippen LogP contribution in [-0.4, -0.2) is 64.4 Å². The van der Waals surface area contributed by atoms with Crippen molar-refractivity contribution in [3.63, 3.8) is 0 Å². The van der Waals surface area contributed by atoms with Gasteiger partial charge in [-0.1, -0.05) is 12.1 Å². The summed E-state index contributed by atoms with van der Waals surface area (Å²) in [5.74, 6) is 2.00. The molecule has 170 valence electrons. The van der Waals surface area contributed by atoms with E-state index in [0.717, 1.165) is 30.2 Å². The van der Waals surface area contributed by atoms with Gasteiger partial charge in [0.05, 0.1) is 19.4 Å². The molecular weight excluding hydrogens is 422 g/mol. The Morgan fingerprint density at radius 1 is 1.06 bits per heavy atom. The summed E-state index contributed by atoms with van der Waals surface area (Å²) in [6.07, 6.45) is 3.36. The monoisotopic (exact) mass is 447 g/mol. The van der Waals surface area contributed by atoms with E-state index in [1.165, 1.54) is 0 Å². The van der Waals surface area contributed by atoms with Crippen LogP contribution < -0.4 is 19.7 Å². The quantitative estimate of drug-likeness (QED) is 0.394. The van der Waals surface area contributed by atoms with Crippen molar-refractivity contribution in [2.24, 2.45) is 0 Å². The average Bonchev–Trinajstić information content (AvgIpc) is 3.25. The molecule has 33 heavy (non-hydrogen) atoms. The van der Waals surface area contributed by atoms with Crippen LogP contribution in [-0.2, 0) is 4.74 Å². The number of rotatable bonds is 8. The highest BCUT2D eigenvalue weighted by Gasteiger charge is 2.21. The molecule has 10 nitrogen and oxygen atoms in total. The zero-order chi connectivity index (χ0) is 22.5. The highest BCUT2D eigenvalue weighted by atomic mass is 16.5. The van der Waals surface area contributed by atoms with Crippen LogP contribution in [0.4, 0.5) is 17.5 Å². The minimum absolute atomic E-state index is 0.268. The van der Waals surface area contributed by atoms with E-state index in [1.54, 1.807) is 12.4 Å². The molecule has 1 aromatic carbocycles. The number of nitrogens with zero attached hydrogens (tertiary/aromatic N) is 5. The number of imidazole rings is 1. The third-order valence-corrected chi connectivity index (χ3v) is 5.11. The predicted octanol–water partition coefficient (Wildman–Crippen LogP) is 3.09. The summed E-state index contributed by atoms with van der Waals surface area (Å²) in [7, 11) is 0. The number of aryl methyl sites for hydroxylation is 1. The summed E-state index contributed by atoms with van der Waals surface area (Å²) in [5, 5.41) is 3.31. The lowest BCUT2D eigenvalue weighted by molar-refractivity contribution is 0.122. The molecule has 1 aliphatic heterocycles. The fraction of sp³-hybridized carbons (Fsp3) is 0.304. The molecule has 4 heterocycles. The second-order valence-corrected chi connectivity index (χ2v) is 7.59. The maximum Gasteiger partial charge on any atom is 0.320 e. The Bertz CT molecular complexity index is 1210. The number of hydrogen-bond donors (Lipinski definition) is 2. The molecule has 0 spiro atoms. The van der Waals surface area contributed by atoms with Gasteiger partial charge in [0.1, 0.15) is 19.0 Å². The lowest BCUT2D eigenvalue weighted by Crippen LogP contribution is -2.37. The Balaban J connectivity index is 1.36. The number of nitrogens with one attached hydrogen (secondary N) is 2. The molecule has 0 bridgehead atoms. The van der Waals surface area contributed by atoms with Crippen molar-refractivity contribution in [1.29, 1.82) is 0 Å². The van der Waals surface area contributed by atoms with Gasteiger partial charge < -0.3 is 29.4 Å². The molecule has 4 aromatic rings. The van der Waals surface area contributed by atoms with Crippen molar-refractivity contribution in [1.82, 2.24) is 24.9 Å². The van der Waals surface area contributed by atoms with E-state index >= 15 is 0 Å². The number of benzene rings is 1. The zero-order valence-electron chi connectivity index (χ0n) is 18.3. The Labute approximate surface area is 191 Å². The Morgan fingerprint density at radius 2 is 1.94 bits per heavy atom. The van der Waals surface area contributed by atoms with Crippen molar-refractivity contribution in [3.8, 4) is 11.8 Å². The number of pyridine rings is 1. The number of ether oxygens (including phenoxy) is 3.